The zero-order chi connectivity index (χ0) is 20.8. The summed E-state index contributed by atoms with van der Waals surface area (Å²) in [6.07, 6.45) is 0. The molecule has 0 radical (unpaired) electrons. The molecule has 30 heavy (non-hydrogen) atoms. The van der Waals surface area contributed by atoms with Crippen molar-refractivity contribution in [2.24, 2.45) is 11.8 Å². The molecular weight excluding hydrogens is 506 g/mol. The number of alkyl halides is 1. The molecule has 3 aliphatic carbocycles. The van der Waals surface area contributed by atoms with Crippen LogP contribution in [0.15, 0.2) is 71.2 Å². The second-order valence-electron chi connectivity index (χ2n) is 8.31. The molecule has 4 aliphatic rings. The minimum atomic E-state index is -0.705. The monoisotopic (exact) mass is 521 g/mol. The maximum Gasteiger partial charge on any atom is 0.239 e. The summed E-state index contributed by atoms with van der Waals surface area (Å²) in [7, 11) is 0. The Morgan fingerprint density at radius 3 is 2.07 bits per heavy atom. The van der Waals surface area contributed by atoms with Gasteiger partial charge in [-0.3, -0.25) is 9.59 Å². The normalized spacial score (nSPS) is 28.4. The minimum absolute atomic E-state index is 0.112. The number of aryl methyl sites for hydroxylation is 1. The summed E-state index contributed by atoms with van der Waals surface area (Å²) in [6, 6.07) is 22.1. The van der Waals surface area contributed by atoms with E-state index in [1.165, 1.54) is 4.90 Å². The van der Waals surface area contributed by atoms with Crippen LogP contribution in [0.3, 0.4) is 0 Å². The first-order valence-corrected chi connectivity index (χ1v) is 11.5. The van der Waals surface area contributed by atoms with Crippen molar-refractivity contribution < 1.29 is 9.59 Å². The van der Waals surface area contributed by atoms with Gasteiger partial charge in [0.05, 0.1) is 21.8 Å². The van der Waals surface area contributed by atoms with Gasteiger partial charge in [-0.1, -0.05) is 86.5 Å². The second kappa shape index (κ2) is 6.14. The number of anilines is 1. The number of halogens is 2. The highest BCUT2D eigenvalue weighted by atomic mass is 79.9. The Kier molecular flexibility index (Phi) is 3.79. The first-order chi connectivity index (χ1) is 14.4. The lowest BCUT2D eigenvalue weighted by Crippen LogP contribution is -2.50. The molecule has 0 unspecified atom stereocenters. The van der Waals surface area contributed by atoms with Crippen LogP contribution in [0.5, 0.6) is 0 Å². The standard InChI is InChI=1S/C25H17Br2NO2/c1-13-10-11-14(12-19(13)26)28-23(29)21-20-15-6-2-4-8-17(15)25(27,22(21)24(28)30)18-9-5-3-7-16(18)20/h2-12,20-22H,1H3/t20?,21-,22+,25?/m0/s1. The van der Waals surface area contributed by atoms with Crippen molar-refractivity contribution in [3.05, 3.63) is 99.0 Å². The molecule has 0 aromatic heterocycles. The molecule has 3 nitrogen and oxygen atoms in total. The van der Waals surface area contributed by atoms with Crippen molar-refractivity contribution in [1.82, 2.24) is 0 Å². The van der Waals surface area contributed by atoms with Crippen molar-refractivity contribution >= 4 is 49.4 Å². The van der Waals surface area contributed by atoms with Crippen molar-refractivity contribution in [3.63, 3.8) is 0 Å². The lowest BCUT2D eigenvalue weighted by molar-refractivity contribution is -0.122. The van der Waals surface area contributed by atoms with E-state index in [0.29, 0.717) is 5.69 Å². The number of rotatable bonds is 1. The minimum Gasteiger partial charge on any atom is -0.274 e. The molecule has 1 aliphatic heterocycles. The molecule has 1 fully saturated rings. The average Bonchev–Trinajstić information content (AvgIpc) is 3.02. The highest BCUT2D eigenvalue weighted by Crippen LogP contribution is 2.66. The smallest absolute Gasteiger partial charge is 0.239 e. The molecule has 3 aromatic rings. The maximum atomic E-state index is 13.8. The lowest BCUT2D eigenvalue weighted by Gasteiger charge is -2.51. The molecule has 2 atom stereocenters. The van der Waals surface area contributed by atoms with E-state index in [0.717, 1.165) is 32.3 Å². The van der Waals surface area contributed by atoms with Gasteiger partial charge >= 0.3 is 0 Å². The van der Waals surface area contributed by atoms with Gasteiger partial charge in [-0.25, -0.2) is 4.90 Å². The van der Waals surface area contributed by atoms with Crippen LogP contribution in [0.25, 0.3) is 0 Å². The SMILES string of the molecule is Cc1ccc(N2C(=O)[C@H]3C4c5ccccc5C(Br)(c5ccccc54)[C@H]3C2=O)cc1Br. The number of nitrogens with zero attached hydrogens (tertiary/aromatic N) is 1. The Labute approximate surface area is 191 Å². The fourth-order valence-electron chi connectivity index (χ4n) is 5.65. The number of hydrogen-bond acceptors (Lipinski definition) is 2. The van der Waals surface area contributed by atoms with E-state index in [1.807, 2.05) is 49.4 Å². The van der Waals surface area contributed by atoms with Crippen molar-refractivity contribution in [2.75, 3.05) is 4.90 Å². The topological polar surface area (TPSA) is 37.4 Å². The van der Waals surface area contributed by atoms with Crippen LogP contribution in [-0.2, 0) is 13.9 Å². The van der Waals surface area contributed by atoms with Gasteiger partial charge in [0.15, 0.2) is 0 Å². The molecule has 3 aromatic carbocycles. The molecule has 148 valence electrons. The van der Waals surface area contributed by atoms with Gasteiger partial charge in [0.1, 0.15) is 0 Å². The summed E-state index contributed by atoms with van der Waals surface area (Å²) in [5.74, 6) is -1.25. The van der Waals surface area contributed by atoms with E-state index in [-0.39, 0.29) is 17.7 Å². The number of carbonyl (C=O) groups is 2. The highest BCUT2D eigenvalue weighted by Gasteiger charge is 2.67. The van der Waals surface area contributed by atoms with Crippen molar-refractivity contribution in [1.29, 1.82) is 0 Å². The number of benzene rings is 3. The van der Waals surface area contributed by atoms with Crippen LogP contribution >= 0.6 is 31.9 Å². The molecule has 2 bridgehead atoms. The van der Waals surface area contributed by atoms with Crippen LogP contribution < -0.4 is 4.90 Å². The molecule has 1 heterocycles. The van der Waals surface area contributed by atoms with E-state index >= 15 is 0 Å². The Morgan fingerprint density at radius 2 is 1.47 bits per heavy atom. The van der Waals surface area contributed by atoms with Gasteiger partial charge in [-0.15, -0.1) is 0 Å². The van der Waals surface area contributed by atoms with Crippen LogP contribution in [0.4, 0.5) is 5.69 Å². The first-order valence-electron chi connectivity index (χ1n) is 9.96. The Balaban J connectivity index is 1.60. The summed E-state index contributed by atoms with van der Waals surface area (Å²) in [4.78, 5) is 29.0. The largest absolute Gasteiger partial charge is 0.274 e. The molecule has 0 N–H and O–H groups in total. The number of carbonyl (C=O) groups excluding carboxylic acids is 2. The van der Waals surface area contributed by atoms with Crippen LogP contribution in [0.1, 0.15) is 33.7 Å². The Morgan fingerprint density at radius 1 is 0.867 bits per heavy atom. The maximum absolute atomic E-state index is 13.8. The predicted molar refractivity (Wildman–Crippen MR) is 123 cm³/mol. The molecule has 0 spiro atoms. The van der Waals surface area contributed by atoms with E-state index in [1.54, 1.807) is 0 Å². The summed E-state index contributed by atoms with van der Waals surface area (Å²) in [5.41, 5.74) is 6.17. The van der Waals surface area contributed by atoms with E-state index in [4.69, 9.17) is 0 Å². The zero-order valence-corrected chi connectivity index (χ0v) is 19.3. The second-order valence-corrected chi connectivity index (χ2v) is 10.4. The molecule has 1 saturated heterocycles. The van der Waals surface area contributed by atoms with E-state index in [9.17, 15) is 9.59 Å². The molecule has 5 heteroatoms. The zero-order valence-electron chi connectivity index (χ0n) is 16.1. The quantitative estimate of drug-likeness (QED) is 0.305. The third-order valence-electron chi connectivity index (χ3n) is 6.93. The van der Waals surface area contributed by atoms with Gasteiger partial charge in [0.25, 0.3) is 0 Å². The van der Waals surface area contributed by atoms with Gasteiger partial charge in [0, 0.05) is 10.4 Å². The number of amides is 2. The summed E-state index contributed by atoms with van der Waals surface area (Å²) >= 11 is 7.57. The van der Waals surface area contributed by atoms with Crippen LogP contribution in [0, 0.1) is 18.8 Å². The predicted octanol–water partition coefficient (Wildman–Crippen LogP) is 5.66. The van der Waals surface area contributed by atoms with Crippen LogP contribution in [0.2, 0.25) is 0 Å². The van der Waals surface area contributed by atoms with Gasteiger partial charge in [-0.05, 0) is 46.9 Å². The highest BCUT2D eigenvalue weighted by molar-refractivity contribution is 9.10. The first kappa shape index (κ1) is 18.5. The van der Waals surface area contributed by atoms with Gasteiger partial charge in [0.2, 0.25) is 11.8 Å². The third-order valence-corrected chi connectivity index (χ3v) is 9.13. The molecular formula is C25H17Br2NO2. The van der Waals surface area contributed by atoms with Crippen molar-refractivity contribution in [2.45, 2.75) is 17.2 Å². The van der Waals surface area contributed by atoms with E-state index in [2.05, 4.69) is 56.1 Å². The Bertz CT molecular complexity index is 1220. The summed E-state index contributed by atoms with van der Waals surface area (Å²) in [6.45, 7) is 1.99. The fourth-order valence-corrected chi connectivity index (χ4v) is 7.22. The van der Waals surface area contributed by atoms with Gasteiger partial charge < -0.3 is 0 Å². The molecule has 7 rings (SSSR count). The number of imide groups is 1. The van der Waals surface area contributed by atoms with Gasteiger partial charge in [-0.2, -0.15) is 0 Å². The third kappa shape index (κ3) is 2.10. The molecule has 2 amide bonds. The van der Waals surface area contributed by atoms with Crippen molar-refractivity contribution in [3.8, 4) is 0 Å². The fraction of sp³-hybridized carbons (Fsp3) is 0.200. The summed E-state index contributed by atoms with van der Waals surface area (Å²) < 4.78 is 0.182. The Hall–Kier alpha value is -2.24. The summed E-state index contributed by atoms with van der Waals surface area (Å²) in [5, 5.41) is 0. The number of hydrogen-bond donors (Lipinski definition) is 0. The van der Waals surface area contributed by atoms with E-state index < -0.39 is 16.2 Å². The lowest BCUT2D eigenvalue weighted by atomic mass is 9.55. The molecule has 0 saturated carbocycles. The van der Waals surface area contributed by atoms with Crippen LogP contribution in [-0.4, -0.2) is 11.8 Å². The average molecular weight is 523 g/mol.